The van der Waals surface area contributed by atoms with Gasteiger partial charge in [-0.25, -0.2) is 0 Å². The fourth-order valence-corrected chi connectivity index (χ4v) is 3.75. The second-order valence-electron chi connectivity index (χ2n) is 7.68. The minimum absolute atomic E-state index is 0.0582. The average molecular weight is 379 g/mol. The van der Waals surface area contributed by atoms with Gasteiger partial charge in [-0.2, -0.15) is 0 Å². The monoisotopic (exact) mass is 379 g/mol. The summed E-state index contributed by atoms with van der Waals surface area (Å²) in [5.74, 6) is -0.227. The predicted octanol–water partition coefficient (Wildman–Crippen LogP) is 1.90. The second-order valence-corrected chi connectivity index (χ2v) is 7.68. The van der Waals surface area contributed by atoms with Crippen LogP contribution in [0, 0.1) is 5.92 Å². The summed E-state index contributed by atoms with van der Waals surface area (Å²) in [6.45, 7) is 3.12. The molecule has 2 aliphatic heterocycles. The molecule has 4 rings (SSSR count). The minimum Gasteiger partial charge on any atom is -0.372 e. The minimum atomic E-state index is -0.175. The van der Waals surface area contributed by atoms with Crippen molar-refractivity contribution in [2.24, 2.45) is 5.92 Å². The molecule has 2 fully saturated rings. The molecule has 2 aromatic rings. The molecule has 146 valence electrons. The fraction of sp³-hybridized carbons (Fsp3) is 0.429. The molecule has 0 spiro atoms. The number of nitrogens with zero attached hydrogens (tertiary/aromatic N) is 5. The molecule has 1 aromatic heterocycles. The van der Waals surface area contributed by atoms with Gasteiger partial charge in [0.2, 0.25) is 5.91 Å². The third-order valence-electron chi connectivity index (χ3n) is 5.48. The number of benzene rings is 1. The smallest absolute Gasteiger partial charge is 0.274 e. The normalized spacial score (nSPS) is 16.8. The molecule has 28 heavy (non-hydrogen) atoms. The van der Waals surface area contributed by atoms with E-state index in [1.54, 1.807) is 30.0 Å². The Hall–Kier alpha value is -2.96. The SMILES string of the molecule is CN(C)C(=O)C1CN(C(=O)c2ccc(-c3ccc(N4CCCC4)cc3)nn2)C1. The average Bonchev–Trinajstić information content (AvgIpc) is 3.21. The van der Waals surface area contributed by atoms with E-state index in [9.17, 15) is 9.59 Å². The van der Waals surface area contributed by atoms with E-state index in [1.165, 1.54) is 18.5 Å². The molecule has 0 bridgehead atoms. The summed E-state index contributed by atoms with van der Waals surface area (Å²) in [5.41, 5.74) is 3.28. The van der Waals surface area contributed by atoms with Crippen molar-refractivity contribution in [1.29, 1.82) is 0 Å². The van der Waals surface area contributed by atoms with Gasteiger partial charge in [0, 0.05) is 51.5 Å². The van der Waals surface area contributed by atoms with Crippen LogP contribution in [0.15, 0.2) is 36.4 Å². The van der Waals surface area contributed by atoms with Gasteiger partial charge in [0.25, 0.3) is 5.91 Å². The number of rotatable bonds is 4. The van der Waals surface area contributed by atoms with Crippen molar-refractivity contribution < 1.29 is 9.59 Å². The van der Waals surface area contributed by atoms with Gasteiger partial charge >= 0.3 is 0 Å². The number of hydrogen-bond donors (Lipinski definition) is 0. The van der Waals surface area contributed by atoms with Gasteiger partial charge in [0.05, 0.1) is 11.6 Å². The van der Waals surface area contributed by atoms with Crippen LogP contribution in [0.5, 0.6) is 0 Å². The molecule has 1 aromatic carbocycles. The van der Waals surface area contributed by atoms with Gasteiger partial charge in [0.15, 0.2) is 5.69 Å². The van der Waals surface area contributed by atoms with Gasteiger partial charge in [-0.05, 0) is 37.1 Å². The first-order valence-corrected chi connectivity index (χ1v) is 9.72. The maximum Gasteiger partial charge on any atom is 0.274 e. The highest BCUT2D eigenvalue weighted by Gasteiger charge is 2.37. The van der Waals surface area contributed by atoms with Crippen molar-refractivity contribution >= 4 is 17.5 Å². The number of hydrogen-bond acceptors (Lipinski definition) is 5. The molecule has 0 radical (unpaired) electrons. The van der Waals surface area contributed by atoms with Crippen LogP contribution in [0.3, 0.4) is 0 Å². The Kier molecular flexibility index (Phi) is 4.98. The molecule has 0 saturated carbocycles. The topological polar surface area (TPSA) is 69.6 Å². The zero-order valence-corrected chi connectivity index (χ0v) is 16.3. The molecule has 0 aliphatic carbocycles. The molecule has 0 unspecified atom stereocenters. The summed E-state index contributed by atoms with van der Waals surface area (Å²) in [6, 6.07) is 11.9. The molecule has 7 heteroatoms. The Morgan fingerprint density at radius 1 is 0.964 bits per heavy atom. The molecular formula is C21H25N5O2. The van der Waals surface area contributed by atoms with E-state index in [-0.39, 0.29) is 17.7 Å². The lowest BCUT2D eigenvalue weighted by atomic mass is 9.98. The van der Waals surface area contributed by atoms with Gasteiger partial charge in [-0.3, -0.25) is 9.59 Å². The Morgan fingerprint density at radius 2 is 1.64 bits per heavy atom. The number of likely N-dealkylation sites (tertiary alicyclic amines) is 1. The van der Waals surface area contributed by atoms with E-state index >= 15 is 0 Å². The third kappa shape index (κ3) is 3.56. The van der Waals surface area contributed by atoms with Crippen LogP contribution in [0.1, 0.15) is 23.3 Å². The zero-order chi connectivity index (χ0) is 19.7. The van der Waals surface area contributed by atoms with Crippen molar-refractivity contribution in [2.75, 3.05) is 45.2 Å². The fourth-order valence-electron chi connectivity index (χ4n) is 3.75. The molecule has 2 amide bonds. The summed E-state index contributed by atoms with van der Waals surface area (Å²) in [6.07, 6.45) is 2.51. The van der Waals surface area contributed by atoms with Gasteiger partial charge in [-0.15, -0.1) is 10.2 Å². The first-order chi connectivity index (χ1) is 13.5. The van der Waals surface area contributed by atoms with Crippen LogP contribution in [0.25, 0.3) is 11.3 Å². The quantitative estimate of drug-likeness (QED) is 0.812. The van der Waals surface area contributed by atoms with E-state index in [0.29, 0.717) is 18.8 Å². The van der Waals surface area contributed by atoms with Crippen LogP contribution in [-0.2, 0) is 4.79 Å². The van der Waals surface area contributed by atoms with Crippen molar-refractivity contribution in [3.05, 3.63) is 42.1 Å². The largest absolute Gasteiger partial charge is 0.372 e. The maximum absolute atomic E-state index is 12.5. The highest BCUT2D eigenvalue weighted by atomic mass is 16.2. The summed E-state index contributed by atoms with van der Waals surface area (Å²) in [7, 11) is 3.46. The zero-order valence-electron chi connectivity index (χ0n) is 16.3. The number of carbonyl (C=O) groups is 2. The van der Waals surface area contributed by atoms with Crippen molar-refractivity contribution in [3.8, 4) is 11.3 Å². The van der Waals surface area contributed by atoms with Gasteiger partial charge < -0.3 is 14.7 Å². The lowest BCUT2D eigenvalue weighted by Gasteiger charge is -2.38. The van der Waals surface area contributed by atoms with Gasteiger partial charge in [-0.1, -0.05) is 12.1 Å². The summed E-state index contributed by atoms with van der Waals surface area (Å²) in [4.78, 5) is 30.0. The molecular weight excluding hydrogens is 354 g/mol. The van der Waals surface area contributed by atoms with Crippen LogP contribution < -0.4 is 4.90 Å². The van der Waals surface area contributed by atoms with Crippen LogP contribution in [0.4, 0.5) is 5.69 Å². The summed E-state index contributed by atoms with van der Waals surface area (Å²) < 4.78 is 0. The molecule has 2 aliphatic rings. The second kappa shape index (κ2) is 7.58. The number of aromatic nitrogens is 2. The van der Waals surface area contributed by atoms with Crippen LogP contribution >= 0.6 is 0 Å². The van der Waals surface area contributed by atoms with E-state index < -0.39 is 0 Å². The number of anilines is 1. The molecule has 2 saturated heterocycles. The van der Waals surface area contributed by atoms with Crippen LogP contribution in [0.2, 0.25) is 0 Å². The Bertz CT molecular complexity index is 851. The lowest BCUT2D eigenvalue weighted by molar-refractivity contribution is -0.137. The Balaban J connectivity index is 1.39. The molecule has 7 nitrogen and oxygen atoms in total. The van der Waals surface area contributed by atoms with Crippen LogP contribution in [-0.4, -0.2) is 72.1 Å². The first-order valence-electron chi connectivity index (χ1n) is 9.72. The third-order valence-corrected chi connectivity index (χ3v) is 5.48. The standard InChI is InChI=1S/C21H25N5O2/c1-24(2)20(27)16-13-26(14-16)21(28)19-10-9-18(22-23-19)15-5-7-17(8-6-15)25-11-3-4-12-25/h5-10,16H,3-4,11-14H2,1-2H3. The van der Waals surface area contributed by atoms with E-state index in [0.717, 1.165) is 24.3 Å². The highest BCUT2D eigenvalue weighted by Crippen LogP contribution is 2.25. The van der Waals surface area contributed by atoms with E-state index in [1.807, 2.05) is 18.2 Å². The predicted molar refractivity (Wildman–Crippen MR) is 107 cm³/mol. The highest BCUT2D eigenvalue weighted by molar-refractivity contribution is 5.94. The maximum atomic E-state index is 12.5. The van der Waals surface area contributed by atoms with E-state index in [4.69, 9.17) is 0 Å². The first kappa shape index (κ1) is 18.4. The molecule has 0 N–H and O–H groups in total. The van der Waals surface area contributed by atoms with Crippen molar-refractivity contribution in [1.82, 2.24) is 20.0 Å². The molecule has 0 atom stereocenters. The number of carbonyl (C=O) groups excluding carboxylic acids is 2. The molecule has 3 heterocycles. The van der Waals surface area contributed by atoms with Gasteiger partial charge in [0.1, 0.15) is 0 Å². The lowest BCUT2D eigenvalue weighted by Crippen LogP contribution is -2.55. The van der Waals surface area contributed by atoms with Crippen molar-refractivity contribution in [2.45, 2.75) is 12.8 Å². The summed E-state index contributed by atoms with van der Waals surface area (Å²) in [5, 5.41) is 8.35. The Morgan fingerprint density at radius 3 is 2.21 bits per heavy atom. The number of amides is 2. The summed E-state index contributed by atoms with van der Waals surface area (Å²) >= 11 is 0. The van der Waals surface area contributed by atoms with E-state index in [2.05, 4.69) is 27.2 Å². The van der Waals surface area contributed by atoms with Crippen molar-refractivity contribution in [3.63, 3.8) is 0 Å². The Labute approximate surface area is 165 Å².